The molecule has 3 aliphatic carbocycles. The van der Waals surface area contributed by atoms with Crippen LogP contribution in [0.25, 0.3) is 83.1 Å². The summed E-state index contributed by atoms with van der Waals surface area (Å²) in [4.78, 5) is 2.58. The van der Waals surface area contributed by atoms with E-state index in [0.717, 1.165) is 11.4 Å². The molecule has 1 spiro atoms. The molecule has 0 atom stereocenters. The Morgan fingerprint density at radius 1 is 0.456 bits per heavy atom. The molecule has 0 radical (unpaired) electrons. The van der Waals surface area contributed by atoms with Gasteiger partial charge in [-0.1, -0.05) is 181 Å². The fraction of sp³-hybridized carbons (Fsp3) is 0.182. The number of hydrogen-bond donors (Lipinski definition) is 0. The molecule has 9 aromatic carbocycles. The minimum atomic E-state index is -0.152. The van der Waals surface area contributed by atoms with Gasteiger partial charge in [0.1, 0.15) is 0 Å². The van der Waals surface area contributed by atoms with Crippen LogP contribution in [0.2, 0.25) is 0 Å². The van der Waals surface area contributed by atoms with E-state index in [1.165, 1.54) is 142 Å². The fourth-order valence-corrected chi connectivity index (χ4v) is 13.3. The van der Waals surface area contributed by atoms with Crippen LogP contribution in [0.1, 0.15) is 88.1 Å². The molecule has 1 fully saturated rings. The van der Waals surface area contributed by atoms with E-state index in [4.69, 9.17) is 0 Å². The van der Waals surface area contributed by atoms with Gasteiger partial charge in [0.05, 0.1) is 22.4 Å². The maximum atomic E-state index is 2.65. The Balaban J connectivity index is 1.09. The van der Waals surface area contributed by atoms with Gasteiger partial charge in [0.15, 0.2) is 0 Å². The molecular formula is C66H54N2. The molecule has 14 rings (SSSR count). The van der Waals surface area contributed by atoms with Crippen molar-refractivity contribution in [3.8, 4) is 61.3 Å². The smallest absolute Gasteiger partial charge is 0.0623 e. The van der Waals surface area contributed by atoms with Crippen LogP contribution in [0.15, 0.2) is 188 Å². The van der Waals surface area contributed by atoms with Crippen molar-refractivity contribution in [1.29, 1.82) is 0 Å². The van der Waals surface area contributed by atoms with Gasteiger partial charge in [-0.2, -0.15) is 0 Å². The highest BCUT2D eigenvalue weighted by Gasteiger charge is 2.48. The fourth-order valence-electron chi connectivity index (χ4n) is 13.3. The summed E-state index contributed by atoms with van der Waals surface area (Å²) < 4.78 is 2.65. The molecule has 4 aliphatic rings. The van der Waals surface area contributed by atoms with Gasteiger partial charge < -0.3 is 9.47 Å². The number of rotatable bonds is 5. The van der Waals surface area contributed by atoms with Gasteiger partial charge in [0.2, 0.25) is 0 Å². The summed E-state index contributed by atoms with van der Waals surface area (Å²) >= 11 is 0. The first-order valence-corrected chi connectivity index (χ1v) is 24.8. The molecule has 2 nitrogen and oxygen atoms in total. The highest BCUT2D eigenvalue weighted by Crippen LogP contribution is 2.63. The summed E-state index contributed by atoms with van der Waals surface area (Å²) in [7, 11) is 0. The zero-order valence-corrected chi connectivity index (χ0v) is 39.6. The number of hydrogen-bond acceptors (Lipinski definition) is 1. The lowest BCUT2D eigenvalue weighted by Crippen LogP contribution is -2.20. The lowest BCUT2D eigenvalue weighted by atomic mass is 9.76. The first-order chi connectivity index (χ1) is 33.1. The SMILES string of the molecule is CC(C)(C)c1ccc2c(c1)c1ccc3c4c1n2-c1ccc(N(c2cc(-c5ccccc5)cc(-c5ccccc5)c2)c2cccc5c2-c2ccccc2C5(C)C)cc1-c1cccc(c1-4)C31CCCC1. The molecule has 2 heteroatoms. The van der Waals surface area contributed by atoms with Crippen LogP contribution in [-0.4, -0.2) is 4.57 Å². The third-order valence-corrected chi connectivity index (χ3v) is 16.6. The van der Waals surface area contributed by atoms with Crippen molar-refractivity contribution in [3.63, 3.8) is 0 Å². The number of fused-ring (bicyclic) bond motifs is 11. The number of nitrogens with zero attached hydrogens (tertiary/aromatic N) is 2. The van der Waals surface area contributed by atoms with Crippen LogP contribution >= 0.6 is 0 Å². The molecule has 10 aromatic rings. The van der Waals surface area contributed by atoms with Crippen molar-refractivity contribution in [2.24, 2.45) is 0 Å². The highest BCUT2D eigenvalue weighted by atomic mass is 15.1. The van der Waals surface area contributed by atoms with E-state index in [2.05, 4.69) is 232 Å². The predicted octanol–water partition coefficient (Wildman–Crippen LogP) is 18.0. The summed E-state index contributed by atoms with van der Waals surface area (Å²) in [6.07, 6.45) is 4.94. The summed E-state index contributed by atoms with van der Waals surface area (Å²) in [5.41, 5.74) is 27.4. The standard InChI is InChI=1S/C66H54N2/c1-64(2,3)45-28-32-57-51(39-45)49-30-31-56-62-61-48(23-16-26-55(61)66(56)34-14-15-35-66)52-40-46(29-33-58(52)68(57)63(49)62)67(59-27-17-25-54-60(59)50-22-12-13-24-53(50)65(54,4)5)47-37-43(41-18-8-6-9-19-41)36-44(38-47)42-20-10-7-11-21-42/h6-13,16-33,36-40H,14-15,34-35H2,1-5H3. The molecule has 1 aromatic heterocycles. The van der Waals surface area contributed by atoms with E-state index in [1.54, 1.807) is 0 Å². The van der Waals surface area contributed by atoms with E-state index in [-0.39, 0.29) is 16.2 Å². The molecule has 0 amide bonds. The summed E-state index contributed by atoms with van der Waals surface area (Å²) in [5.74, 6) is 0. The van der Waals surface area contributed by atoms with Gasteiger partial charge in [-0.05, 0) is 140 Å². The van der Waals surface area contributed by atoms with Crippen molar-refractivity contribution < 1.29 is 0 Å². The van der Waals surface area contributed by atoms with Crippen LogP contribution in [0.4, 0.5) is 17.1 Å². The predicted molar refractivity (Wildman–Crippen MR) is 286 cm³/mol. The Labute approximate surface area is 400 Å². The first kappa shape index (κ1) is 39.7. The molecule has 0 unspecified atom stereocenters. The van der Waals surface area contributed by atoms with Gasteiger partial charge in [-0.3, -0.25) is 0 Å². The van der Waals surface area contributed by atoms with E-state index in [0.29, 0.717) is 0 Å². The average molecular weight is 875 g/mol. The first-order valence-electron chi connectivity index (χ1n) is 24.8. The molecular weight excluding hydrogens is 821 g/mol. The Bertz CT molecular complexity index is 3680. The maximum absolute atomic E-state index is 2.65. The quantitative estimate of drug-likeness (QED) is 0.167. The minimum absolute atomic E-state index is 0.0336. The molecule has 1 saturated carbocycles. The molecule has 2 heterocycles. The van der Waals surface area contributed by atoms with E-state index >= 15 is 0 Å². The molecule has 0 bridgehead atoms. The Morgan fingerprint density at radius 2 is 1.10 bits per heavy atom. The Kier molecular flexibility index (Phi) is 8.21. The molecule has 1 aliphatic heterocycles. The lowest BCUT2D eigenvalue weighted by Gasteiger charge is -2.31. The normalized spacial score (nSPS) is 15.4. The van der Waals surface area contributed by atoms with E-state index < -0.39 is 0 Å². The van der Waals surface area contributed by atoms with E-state index in [1.807, 2.05) is 0 Å². The maximum Gasteiger partial charge on any atom is 0.0623 e. The van der Waals surface area contributed by atoms with Crippen molar-refractivity contribution in [2.75, 3.05) is 4.90 Å². The number of aromatic nitrogens is 1. The van der Waals surface area contributed by atoms with Gasteiger partial charge in [-0.15, -0.1) is 0 Å². The second-order valence-corrected chi connectivity index (χ2v) is 21.6. The lowest BCUT2D eigenvalue weighted by molar-refractivity contribution is 0.550. The van der Waals surface area contributed by atoms with Gasteiger partial charge in [0, 0.05) is 49.7 Å². The molecule has 68 heavy (non-hydrogen) atoms. The number of anilines is 3. The van der Waals surface area contributed by atoms with Crippen molar-refractivity contribution in [3.05, 3.63) is 216 Å². The molecule has 0 N–H and O–H groups in total. The van der Waals surface area contributed by atoms with Crippen LogP contribution in [0, 0.1) is 0 Å². The Morgan fingerprint density at radius 3 is 1.84 bits per heavy atom. The zero-order valence-electron chi connectivity index (χ0n) is 39.6. The molecule has 328 valence electrons. The van der Waals surface area contributed by atoms with Crippen LogP contribution in [0.5, 0.6) is 0 Å². The van der Waals surface area contributed by atoms with Crippen LogP contribution in [0.3, 0.4) is 0 Å². The van der Waals surface area contributed by atoms with Crippen molar-refractivity contribution in [1.82, 2.24) is 4.57 Å². The molecule has 0 saturated heterocycles. The highest BCUT2D eigenvalue weighted by molar-refractivity contribution is 6.19. The summed E-state index contributed by atoms with van der Waals surface area (Å²) in [5, 5.41) is 2.69. The monoisotopic (exact) mass is 874 g/mol. The topological polar surface area (TPSA) is 8.17 Å². The third kappa shape index (κ3) is 5.40. The van der Waals surface area contributed by atoms with Crippen molar-refractivity contribution in [2.45, 2.75) is 76.5 Å². The number of benzene rings is 9. The third-order valence-electron chi connectivity index (χ3n) is 16.6. The largest absolute Gasteiger partial charge is 0.310 e. The minimum Gasteiger partial charge on any atom is -0.310 e. The second-order valence-electron chi connectivity index (χ2n) is 21.6. The second kappa shape index (κ2) is 14.1. The summed E-state index contributed by atoms with van der Waals surface area (Å²) in [6, 6.07) is 72.1. The van der Waals surface area contributed by atoms with Gasteiger partial charge in [0.25, 0.3) is 0 Å². The van der Waals surface area contributed by atoms with E-state index in [9.17, 15) is 0 Å². The Hall–Kier alpha value is -7.42. The van der Waals surface area contributed by atoms with Crippen LogP contribution < -0.4 is 4.90 Å². The van der Waals surface area contributed by atoms with Gasteiger partial charge in [-0.25, -0.2) is 0 Å². The zero-order chi connectivity index (χ0) is 45.7. The average Bonchev–Trinajstić information content (AvgIpc) is 4.10. The summed E-state index contributed by atoms with van der Waals surface area (Å²) in [6.45, 7) is 11.8. The van der Waals surface area contributed by atoms with Crippen molar-refractivity contribution >= 4 is 38.9 Å². The van der Waals surface area contributed by atoms with Crippen LogP contribution in [-0.2, 0) is 16.2 Å². The van der Waals surface area contributed by atoms with Gasteiger partial charge >= 0.3 is 0 Å².